The lowest BCUT2D eigenvalue weighted by Crippen LogP contribution is -2.30. The largest absolute Gasteiger partial charge is 0.274 e. The predicted octanol–water partition coefficient (Wildman–Crippen LogP) is 2.42. The Hall–Kier alpha value is -3.35. The maximum atomic E-state index is 12.3. The van der Waals surface area contributed by atoms with Crippen LogP contribution in [0.5, 0.6) is 0 Å². The van der Waals surface area contributed by atoms with Crippen molar-refractivity contribution in [2.45, 2.75) is 19.4 Å². The van der Waals surface area contributed by atoms with E-state index in [1.807, 2.05) is 30.3 Å². The number of carbonyl (C=O) groups excluding carboxylic acids is 2. The molecule has 1 aliphatic rings. The molecule has 7 heteroatoms. The van der Waals surface area contributed by atoms with Gasteiger partial charge < -0.3 is 0 Å². The van der Waals surface area contributed by atoms with Crippen molar-refractivity contribution in [2.24, 2.45) is 0 Å². The summed E-state index contributed by atoms with van der Waals surface area (Å²) in [5, 5.41) is 12.5. The van der Waals surface area contributed by atoms with E-state index < -0.39 is 0 Å². The van der Waals surface area contributed by atoms with Crippen LogP contribution in [0.2, 0.25) is 0 Å². The first-order chi connectivity index (χ1) is 12.7. The molecule has 0 unspecified atom stereocenters. The molecule has 1 aliphatic heterocycles. The van der Waals surface area contributed by atoms with Crippen LogP contribution in [0.4, 0.5) is 0 Å². The van der Waals surface area contributed by atoms with Crippen LogP contribution in [-0.4, -0.2) is 43.5 Å². The Morgan fingerprint density at radius 2 is 1.38 bits per heavy atom. The van der Waals surface area contributed by atoms with Crippen LogP contribution in [0.15, 0.2) is 54.6 Å². The van der Waals surface area contributed by atoms with Gasteiger partial charge in [0, 0.05) is 12.1 Å². The fourth-order valence-electron chi connectivity index (χ4n) is 3.01. The summed E-state index contributed by atoms with van der Waals surface area (Å²) in [5.41, 5.74) is 1.90. The van der Waals surface area contributed by atoms with Gasteiger partial charge in [-0.3, -0.25) is 14.5 Å². The summed E-state index contributed by atoms with van der Waals surface area (Å²) in [7, 11) is 0. The van der Waals surface area contributed by atoms with Crippen molar-refractivity contribution >= 4 is 11.8 Å². The average Bonchev–Trinajstić information content (AvgIpc) is 3.25. The molecule has 0 radical (unpaired) electrons. The summed E-state index contributed by atoms with van der Waals surface area (Å²) in [6.45, 7) is 0.982. The van der Waals surface area contributed by atoms with Crippen molar-refractivity contribution in [3.8, 4) is 11.4 Å². The Labute approximate surface area is 150 Å². The van der Waals surface area contributed by atoms with E-state index in [0.717, 1.165) is 12.0 Å². The van der Waals surface area contributed by atoms with Crippen molar-refractivity contribution in [1.82, 2.24) is 25.1 Å². The average molecular weight is 347 g/mol. The molecule has 3 aromatic rings. The van der Waals surface area contributed by atoms with E-state index in [4.69, 9.17) is 0 Å². The normalized spacial score (nSPS) is 13.3. The summed E-state index contributed by atoms with van der Waals surface area (Å²) in [4.78, 5) is 27.5. The smallest absolute Gasteiger partial charge is 0.261 e. The first-order valence-corrected chi connectivity index (χ1v) is 8.52. The van der Waals surface area contributed by atoms with Crippen LogP contribution < -0.4 is 0 Å². The van der Waals surface area contributed by atoms with Crippen molar-refractivity contribution in [1.29, 1.82) is 0 Å². The second kappa shape index (κ2) is 6.87. The summed E-state index contributed by atoms with van der Waals surface area (Å²) >= 11 is 0. The topological polar surface area (TPSA) is 81.0 Å². The summed E-state index contributed by atoms with van der Waals surface area (Å²) in [6.07, 6.45) is 1.44. The number of carbonyl (C=O) groups is 2. The number of unbranched alkanes of at least 4 members (excludes halogenated alkanes) is 1. The number of aromatic nitrogens is 4. The molecule has 0 saturated heterocycles. The fourth-order valence-corrected chi connectivity index (χ4v) is 3.01. The van der Waals surface area contributed by atoms with Gasteiger partial charge in [-0.2, -0.15) is 4.80 Å². The Bertz CT molecular complexity index is 916. The van der Waals surface area contributed by atoms with Gasteiger partial charge in [-0.15, -0.1) is 10.2 Å². The summed E-state index contributed by atoms with van der Waals surface area (Å²) < 4.78 is 0. The van der Waals surface area contributed by atoms with Crippen molar-refractivity contribution in [3.05, 3.63) is 65.7 Å². The van der Waals surface area contributed by atoms with Gasteiger partial charge in [0.05, 0.1) is 17.7 Å². The van der Waals surface area contributed by atoms with Crippen molar-refractivity contribution < 1.29 is 9.59 Å². The van der Waals surface area contributed by atoms with Crippen molar-refractivity contribution in [3.63, 3.8) is 0 Å². The molecule has 2 amide bonds. The van der Waals surface area contributed by atoms with Crippen LogP contribution >= 0.6 is 0 Å². The molecule has 0 aliphatic carbocycles. The van der Waals surface area contributed by atoms with E-state index in [1.165, 1.54) is 4.90 Å². The zero-order valence-electron chi connectivity index (χ0n) is 14.1. The molecule has 26 heavy (non-hydrogen) atoms. The minimum atomic E-state index is -0.212. The number of amides is 2. The molecule has 2 aromatic carbocycles. The van der Waals surface area contributed by atoms with Gasteiger partial charge in [0.15, 0.2) is 0 Å². The highest BCUT2D eigenvalue weighted by atomic mass is 16.2. The third-order valence-corrected chi connectivity index (χ3v) is 4.35. The van der Waals surface area contributed by atoms with E-state index in [9.17, 15) is 9.59 Å². The molecule has 7 nitrogen and oxygen atoms in total. The van der Waals surface area contributed by atoms with Gasteiger partial charge in [0.25, 0.3) is 11.8 Å². The minimum Gasteiger partial charge on any atom is -0.274 e. The highest BCUT2D eigenvalue weighted by Crippen LogP contribution is 2.22. The molecular weight excluding hydrogens is 330 g/mol. The molecule has 0 atom stereocenters. The monoisotopic (exact) mass is 347 g/mol. The maximum absolute atomic E-state index is 12.3. The molecule has 2 heterocycles. The van der Waals surface area contributed by atoms with Crippen LogP contribution in [0.25, 0.3) is 11.4 Å². The molecule has 1 aromatic heterocycles. The number of fused-ring (bicyclic) bond motifs is 1. The Kier molecular flexibility index (Phi) is 4.27. The van der Waals surface area contributed by atoms with E-state index >= 15 is 0 Å². The quantitative estimate of drug-likeness (QED) is 0.505. The lowest BCUT2D eigenvalue weighted by Gasteiger charge is -2.13. The molecule has 0 fully saturated rings. The van der Waals surface area contributed by atoms with E-state index in [1.54, 1.807) is 29.1 Å². The Balaban J connectivity index is 1.31. The number of nitrogens with zero attached hydrogens (tertiary/aromatic N) is 5. The molecule has 0 saturated carbocycles. The third-order valence-electron chi connectivity index (χ3n) is 4.35. The number of imide groups is 1. The van der Waals surface area contributed by atoms with Crippen LogP contribution in [-0.2, 0) is 6.54 Å². The first kappa shape index (κ1) is 16.1. The van der Waals surface area contributed by atoms with E-state index in [0.29, 0.717) is 36.5 Å². The highest BCUT2D eigenvalue weighted by molar-refractivity contribution is 6.21. The minimum absolute atomic E-state index is 0.212. The second-order valence-electron chi connectivity index (χ2n) is 6.09. The molecular formula is C19H17N5O2. The number of hydrogen-bond donors (Lipinski definition) is 0. The van der Waals surface area contributed by atoms with E-state index in [-0.39, 0.29) is 11.8 Å². The lowest BCUT2D eigenvalue weighted by molar-refractivity contribution is 0.0651. The number of hydrogen-bond acceptors (Lipinski definition) is 5. The highest BCUT2D eigenvalue weighted by Gasteiger charge is 2.34. The zero-order chi connectivity index (χ0) is 17.9. The number of tetrazole rings is 1. The zero-order valence-corrected chi connectivity index (χ0v) is 14.1. The number of rotatable bonds is 6. The third kappa shape index (κ3) is 2.99. The summed E-state index contributed by atoms with van der Waals surface area (Å²) in [5.74, 6) is 0.164. The van der Waals surface area contributed by atoms with Crippen LogP contribution in [0.3, 0.4) is 0 Å². The molecule has 130 valence electrons. The Morgan fingerprint density at radius 1 is 0.769 bits per heavy atom. The van der Waals surface area contributed by atoms with Gasteiger partial charge >= 0.3 is 0 Å². The Morgan fingerprint density at radius 3 is 2.08 bits per heavy atom. The van der Waals surface area contributed by atoms with Crippen molar-refractivity contribution in [2.75, 3.05) is 6.54 Å². The number of benzene rings is 2. The van der Waals surface area contributed by atoms with Crippen LogP contribution in [0, 0.1) is 0 Å². The van der Waals surface area contributed by atoms with Crippen LogP contribution in [0.1, 0.15) is 33.6 Å². The number of aryl methyl sites for hydroxylation is 1. The van der Waals surface area contributed by atoms with Gasteiger partial charge in [0.2, 0.25) is 5.82 Å². The molecule has 4 rings (SSSR count). The lowest BCUT2D eigenvalue weighted by atomic mass is 10.1. The van der Waals surface area contributed by atoms with Gasteiger partial charge in [-0.25, -0.2) is 0 Å². The SMILES string of the molecule is O=C1c2ccccc2C(=O)N1CCCCn1nnc(-c2ccccc2)n1. The maximum Gasteiger partial charge on any atom is 0.261 e. The second-order valence-corrected chi connectivity index (χ2v) is 6.09. The standard InChI is InChI=1S/C19H17N5O2/c25-18-15-10-4-5-11-16(15)19(26)23(18)12-6-7-13-24-21-17(20-22-24)14-8-2-1-3-9-14/h1-5,8-11H,6-7,12-13H2. The molecule has 0 spiro atoms. The summed E-state index contributed by atoms with van der Waals surface area (Å²) in [6, 6.07) is 16.6. The van der Waals surface area contributed by atoms with Gasteiger partial charge in [0.1, 0.15) is 0 Å². The molecule has 0 bridgehead atoms. The predicted molar refractivity (Wildman–Crippen MR) is 94.3 cm³/mol. The van der Waals surface area contributed by atoms with Gasteiger partial charge in [-0.05, 0) is 30.2 Å². The first-order valence-electron chi connectivity index (χ1n) is 8.52. The van der Waals surface area contributed by atoms with E-state index in [2.05, 4.69) is 15.4 Å². The molecule has 0 N–H and O–H groups in total. The fraction of sp³-hybridized carbons (Fsp3) is 0.211. The van der Waals surface area contributed by atoms with Gasteiger partial charge in [-0.1, -0.05) is 42.5 Å².